The summed E-state index contributed by atoms with van der Waals surface area (Å²) in [5.74, 6) is 2.11. The van der Waals surface area contributed by atoms with Crippen molar-refractivity contribution in [1.82, 2.24) is 4.98 Å². The topological polar surface area (TPSA) is 39.2 Å². The lowest BCUT2D eigenvalue weighted by Crippen LogP contribution is -1.98. The van der Waals surface area contributed by atoms with Crippen molar-refractivity contribution in [3.05, 3.63) is 84.1 Å². The van der Waals surface area contributed by atoms with Crippen LogP contribution in [0, 0.1) is 0 Å². The lowest BCUT2D eigenvalue weighted by atomic mass is 10.1. The number of carbonyl (C=O) groups excluding carboxylic acids is 1. The van der Waals surface area contributed by atoms with E-state index in [1.54, 1.807) is 18.3 Å². The molecule has 1 aromatic heterocycles. The molecule has 3 rings (SSSR count). The number of Topliss-reactive ketones (excluding diaryl/α,β-unsaturated/α-hetero) is 1. The van der Waals surface area contributed by atoms with E-state index < -0.39 is 0 Å². The van der Waals surface area contributed by atoms with Gasteiger partial charge in [-0.25, -0.2) is 4.98 Å². The summed E-state index contributed by atoms with van der Waals surface area (Å²) in [6.07, 6.45) is 6.49. The van der Waals surface area contributed by atoms with Gasteiger partial charge < -0.3 is 4.74 Å². The van der Waals surface area contributed by atoms with Crippen LogP contribution in [0.5, 0.6) is 11.6 Å². The summed E-state index contributed by atoms with van der Waals surface area (Å²) in [7, 11) is 0. The molecule has 0 aliphatic heterocycles. The molecule has 0 saturated heterocycles. The number of aryl methyl sites for hydroxylation is 1. The number of pyridine rings is 1. The van der Waals surface area contributed by atoms with Gasteiger partial charge in [0, 0.05) is 11.1 Å². The monoisotopic (exact) mass is 391 g/mol. The third kappa shape index (κ3) is 6.24. The van der Waals surface area contributed by atoms with Crippen LogP contribution >= 0.6 is 11.8 Å². The van der Waals surface area contributed by atoms with Crippen molar-refractivity contribution in [2.45, 2.75) is 37.5 Å². The molecule has 0 amide bonds. The summed E-state index contributed by atoms with van der Waals surface area (Å²) < 4.78 is 5.78. The SMILES string of the molecule is CC(=O)c1cccnc1Oc1ccc(SCCCCCc2ccccc2)cc1. The molecule has 0 spiro atoms. The van der Waals surface area contributed by atoms with Crippen molar-refractivity contribution in [2.75, 3.05) is 5.75 Å². The average molecular weight is 392 g/mol. The Bertz CT molecular complexity index is 879. The van der Waals surface area contributed by atoms with E-state index in [1.165, 1.54) is 36.6 Å². The second-order valence-corrected chi connectivity index (χ2v) is 7.80. The molecule has 1 heterocycles. The molecule has 0 fully saturated rings. The van der Waals surface area contributed by atoms with Crippen molar-refractivity contribution in [3.63, 3.8) is 0 Å². The summed E-state index contributed by atoms with van der Waals surface area (Å²) in [6.45, 7) is 1.52. The quantitative estimate of drug-likeness (QED) is 0.222. The number of hydrogen-bond acceptors (Lipinski definition) is 4. The molecule has 4 heteroatoms. The molecule has 0 N–H and O–H groups in total. The molecule has 0 aliphatic rings. The van der Waals surface area contributed by atoms with Gasteiger partial charge in [0.15, 0.2) is 5.78 Å². The lowest BCUT2D eigenvalue weighted by molar-refractivity contribution is 0.101. The Balaban J connectivity index is 1.40. The summed E-state index contributed by atoms with van der Waals surface area (Å²) in [6, 6.07) is 22.1. The second kappa shape index (κ2) is 10.7. The first-order valence-corrected chi connectivity index (χ1v) is 10.6. The Morgan fingerprint density at radius 3 is 2.46 bits per heavy atom. The molecule has 0 aliphatic carbocycles. The summed E-state index contributed by atoms with van der Waals surface area (Å²) >= 11 is 1.86. The molecule has 3 nitrogen and oxygen atoms in total. The number of thioether (sulfide) groups is 1. The fourth-order valence-electron chi connectivity index (χ4n) is 2.90. The number of aromatic nitrogens is 1. The van der Waals surface area contributed by atoms with Gasteiger partial charge in [-0.2, -0.15) is 0 Å². The van der Waals surface area contributed by atoms with Gasteiger partial charge in [-0.05, 0) is 73.9 Å². The van der Waals surface area contributed by atoms with E-state index in [0.29, 0.717) is 17.2 Å². The minimum absolute atomic E-state index is 0.0532. The van der Waals surface area contributed by atoms with Crippen LogP contribution in [0.25, 0.3) is 0 Å². The van der Waals surface area contributed by atoms with Crippen LogP contribution in [-0.2, 0) is 6.42 Å². The van der Waals surface area contributed by atoms with Gasteiger partial charge in [-0.3, -0.25) is 4.79 Å². The fourth-order valence-corrected chi connectivity index (χ4v) is 3.81. The van der Waals surface area contributed by atoms with E-state index >= 15 is 0 Å². The molecule has 2 aromatic carbocycles. The molecular weight excluding hydrogens is 366 g/mol. The van der Waals surface area contributed by atoms with E-state index in [2.05, 4.69) is 47.4 Å². The van der Waals surface area contributed by atoms with E-state index in [-0.39, 0.29) is 5.78 Å². The molecule has 0 radical (unpaired) electrons. The lowest BCUT2D eigenvalue weighted by Gasteiger charge is -2.08. The molecule has 0 bridgehead atoms. The van der Waals surface area contributed by atoms with Crippen molar-refractivity contribution in [2.24, 2.45) is 0 Å². The summed E-state index contributed by atoms with van der Waals surface area (Å²) in [4.78, 5) is 17.1. The largest absolute Gasteiger partial charge is 0.438 e. The van der Waals surface area contributed by atoms with Crippen LogP contribution in [0.3, 0.4) is 0 Å². The van der Waals surface area contributed by atoms with Gasteiger partial charge in [0.25, 0.3) is 0 Å². The van der Waals surface area contributed by atoms with E-state index in [9.17, 15) is 4.79 Å². The van der Waals surface area contributed by atoms with E-state index in [4.69, 9.17) is 4.74 Å². The molecule has 3 aromatic rings. The fraction of sp³-hybridized carbons (Fsp3) is 0.250. The Labute approximate surface area is 171 Å². The molecule has 0 atom stereocenters. The number of hydrogen-bond donors (Lipinski definition) is 0. The van der Waals surface area contributed by atoms with Gasteiger partial charge in [0.05, 0.1) is 5.56 Å². The van der Waals surface area contributed by atoms with Crippen molar-refractivity contribution in [3.8, 4) is 11.6 Å². The van der Waals surface area contributed by atoms with Crippen molar-refractivity contribution in [1.29, 1.82) is 0 Å². The molecule has 28 heavy (non-hydrogen) atoms. The summed E-state index contributed by atoms with van der Waals surface area (Å²) in [5.41, 5.74) is 1.92. The number of benzene rings is 2. The first kappa shape index (κ1) is 20.2. The second-order valence-electron chi connectivity index (χ2n) is 6.63. The third-order valence-corrected chi connectivity index (χ3v) is 5.51. The van der Waals surface area contributed by atoms with Gasteiger partial charge >= 0.3 is 0 Å². The predicted octanol–water partition coefficient (Wildman–Crippen LogP) is 6.58. The van der Waals surface area contributed by atoms with Crippen LogP contribution in [0.4, 0.5) is 0 Å². The first-order valence-electron chi connectivity index (χ1n) is 9.63. The van der Waals surface area contributed by atoms with Gasteiger partial charge in [-0.1, -0.05) is 36.8 Å². The zero-order valence-electron chi connectivity index (χ0n) is 16.1. The standard InChI is InChI=1S/C24H25NO2S/c1-19(26)23-12-8-17-25-24(23)27-21-13-15-22(16-14-21)28-18-7-3-6-11-20-9-4-2-5-10-20/h2,4-5,8-10,12-17H,3,6-7,11,18H2,1H3. The number of nitrogens with zero attached hydrogens (tertiary/aromatic N) is 1. The van der Waals surface area contributed by atoms with Crippen LogP contribution in [-0.4, -0.2) is 16.5 Å². The Morgan fingerprint density at radius 2 is 1.71 bits per heavy atom. The molecular formula is C24H25NO2S. The molecule has 0 saturated carbocycles. The van der Waals surface area contributed by atoms with Crippen LogP contribution < -0.4 is 4.74 Å². The predicted molar refractivity (Wildman–Crippen MR) is 115 cm³/mol. The maximum absolute atomic E-state index is 11.7. The molecule has 144 valence electrons. The number of carbonyl (C=O) groups is 1. The maximum atomic E-state index is 11.7. The average Bonchev–Trinajstić information content (AvgIpc) is 2.73. The van der Waals surface area contributed by atoms with Crippen LogP contribution in [0.15, 0.2) is 77.8 Å². The summed E-state index contributed by atoms with van der Waals surface area (Å²) in [5, 5.41) is 0. The number of rotatable bonds is 10. The zero-order chi connectivity index (χ0) is 19.6. The highest BCUT2D eigenvalue weighted by molar-refractivity contribution is 7.99. The first-order chi connectivity index (χ1) is 13.7. The zero-order valence-corrected chi connectivity index (χ0v) is 17.0. The highest BCUT2D eigenvalue weighted by Crippen LogP contribution is 2.27. The smallest absolute Gasteiger partial charge is 0.230 e. The number of ketones is 1. The highest BCUT2D eigenvalue weighted by atomic mass is 32.2. The van der Waals surface area contributed by atoms with Gasteiger partial charge in [0.1, 0.15) is 5.75 Å². The van der Waals surface area contributed by atoms with Crippen molar-refractivity contribution >= 4 is 17.5 Å². The van der Waals surface area contributed by atoms with Crippen LogP contribution in [0.1, 0.15) is 42.1 Å². The van der Waals surface area contributed by atoms with Gasteiger partial charge in [-0.15, -0.1) is 11.8 Å². The van der Waals surface area contributed by atoms with Crippen LogP contribution in [0.2, 0.25) is 0 Å². The Kier molecular flexibility index (Phi) is 7.68. The minimum Gasteiger partial charge on any atom is -0.438 e. The Hall–Kier alpha value is -2.59. The maximum Gasteiger partial charge on any atom is 0.230 e. The molecule has 0 unspecified atom stereocenters. The van der Waals surface area contributed by atoms with E-state index in [1.807, 2.05) is 23.9 Å². The third-order valence-electron chi connectivity index (χ3n) is 4.41. The van der Waals surface area contributed by atoms with Crippen molar-refractivity contribution < 1.29 is 9.53 Å². The minimum atomic E-state index is -0.0532. The van der Waals surface area contributed by atoms with E-state index in [0.717, 1.165) is 12.2 Å². The normalized spacial score (nSPS) is 10.6. The Morgan fingerprint density at radius 1 is 0.929 bits per heavy atom. The highest BCUT2D eigenvalue weighted by Gasteiger charge is 2.10. The van der Waals surface area contributed by atoms with Gasteiger partial charge in [0.2, 0.25) is 5.88 Å². The number of ether oxygens (including phenoxy) is 1. The number of unbranched alkanes of at least 4 members (excludes halogenated alkanes) is 2.